The van der Waals surface area contributed by atoms with Gasteiger partial charge in [0.05, 0.1) is 11.7 Å². The molecule has 17 heavy (non-hydrogen) atoms. The van der Waals surface area contributed by atoms with E-state index in [0.717, 1.165) is 0 Å². The summed E-state index contributed by atoms with van der Waals surface area (Å²) in [7, 11) is 0. The van der Waals surface area contributed by atoms with E-state index in [1.54, 1.807) is 6.92 Å². The van der Waals surface area contributed by atoms with E-state index >= 15 is 0 Å². The molecule has 0 radical (unpaired) electrons. The number of rotatable bonds is 9. The van der Waals surface area contributed by atoms with Crippen molar-refractivity contribution in [2.45, 2.75) is 32.3 Å². The number of aliphatic carboxylic acids is 2. The van der Waals surface area contributed by atoms with Crippen LogP contribution in [-0.2, 0) is 18.7 Å². The molecule has 7 nitrogen and oxygen atoms in total. The maximum atomic E-state index is 11.8. The molecule has 2 atom stereocenters. The summed E-state index contributed by atoms with van der Waals surface area (Å²) in [5.74, 6) is -2.56. The Morgan fingerprint density at radius 3 is 2.35 bits per heavy atom. The minimum Gasteiger partial charge on any atom is -0.481 e. The molecule has 0 aliphatic heterocycles. The van der Waals surface area contributed by atoms with Crippen molar-refractivity contribution >= 4 is 30.2 Å². The fourth-order valence-corrected chi connectivity index (χ4v) is 3.63. The van der Waals surface area contributed by atoms with Gasteiger partial charge in [0.15, 0.2) is 6.10 Å². The zero-order valence-corrected chi connectivity index (χ0v) is 10.9. The third-order valence-electron chi connectivity index (χ3n) is 1.81. The summed E-state index contributed by atoms with van der Waals surface area (Å²) in [4.78, 5) is 21.1. The first kappa shape index (κ1) is 16.4. The van der Waals surface area contributed by atoms with Gasteiger partial charge in [-0.15, -0.1) is 0 Å². The summed E-state index contributed by atoms with van der Waals surface area (Å²) in [6.07, 6.45) is -1.69. The molecule has 0 saturated carbocycles. The molecule has 3 N–H and O–H groups in total. The summed E-state index contributed by atoms with van der Waals surface area (Å²) >= 11 is -0.000626. The lowest BCUT2D eigenvalue weighted by atomic mass is 10.2. The van der Waals surface area contributed by atoms with E-state index in [2.05, 4.69) is 0 Å². The van der Waals surface area contributed by atoms with Gasteiger partial charge < -0.3 is 19.3 Å². The highest BCUT2D eigenvalue weighted by molar-refractivity contribution is 8.53. The maximum Gasteiger partial charge on any atom is 0.333 e. The van der Waals surface area contributed by atoms with Crippen LogP contribution in [0.25, 0.3) is 0 Å². The van der Waals surface area contributed by atoms with Gasteiger partial charge in [-0.1, -0.05) is 6.92 Å². The third-order valence-corrected chi connectivity index (χ3v) is 5.18. The van der Waals surface area contributed by atoms with Crippen molar-refractivity contribution < 1.29 is 33.4 Å². The van der Waals surface area contributed by atoms with Gasteiger partial charge in [-0.2, -0.15) is 0 Å². The Bertz CT molecular complexity index is 319. The van der Waals surface area contributed by atoms with Gasteiger partial charge in [0.1, 0.15) is 0 Å². The average Bonchev–Trinajstić information content (AvgIpc) is 2.24. The van der Waals surface area contributed by atoms with E-state index in [0.29, 0.717) is 6.42 Å². The van der Waals surface area contributed by atoms with Gasteiger partial charge in [-0.25, -0.2) is 4.79 Å². The average molecular weight is 286 g/mol. The van der Waals surface area contributed by atoms with Crippen molar-refractivity contribution in [2.24, 2.45) is 0 Å². The molecular formula is C8H15O7PS. The highest BCUT2D eigenvalue weighted by Crippen LogP contribution is 2.59. The Balaban J connectivity index is 4.56. The lowest BCUT2D eigenvalue weighted by Crippen LogP contribution is -2.23. The van der Waals surface area contributed by atoms with E-state index in [4.69, 9.17) is 19.3 Å². The van der Waals surface area contributed by atoms with Gasteiger partial charge in [-0.05, 0) is 12.8 Å². The standard InChI is InChI=1S/C8H15O7PS/c1-2-5-16(13,17-14)15-6(8(11)12)3-4-7(9)10/h6,14H,2-5H2,1H3,(H,9,10)(H,11,12). The zero-order chi connectivity index (χ0) is 13.5. The van der Waals surface area contributed by atoms with Crippen LogP contribution < -0.4 is 0 Å². The van der Waals surface area contributed by atoms with Gasteiger partial charge in [0, 0.05) is 12.6 Å². The molecule has 0 aromatic rings. The zero-order valence-electron chi connectivity index (χ0n) is 9.24. The number of hydrogen-bond donors (Lipinski definition) is 3. The maximum absolute atomic E-state index is 11.8. The quantitative estimate of drug-likeness (QED) is 0.435. The van der Waals surface area contributed by atoms with Crippen LogP contribution in [0.4, 0.5) is 0 Å². The molecule has 0 aliphatic rings. The minimum absolute atomic E-state index is 0.000626. The first-order chi connectivity index (χ1) is 7.84. The van der Waals surface area contributed by atoms with Gasteiger partial charge in [-0.3, -0.25) is 9.36 Å². The van der Waals surface area contributed by atoms with Gasteiger partial charge in [0.25, 0.3) is 6.57 Å². The number of carboxylic acid groups (broad SMARTS) is 2. The van der Waals surface area contributed by atoms with Crippen molar-refractivity contribution in [3.05, 3.63) is 0 Å². The molecule has 0 heterocycles. The molecule has 2 unspecified atom stereocenters. The van der Waals surface area contributed by atoms with Gasteiger partial charge in [0.2, 0.25) is 0 Å². The van der Waals surface area contributed by atoms with E-state index in [9.17, 15) is 14.2 Å². The molecule has 0 fully saturated rings. The molecule has 0 spiro atoms. The smallest absolute Gasteiger partial charge is 0.333 e. The molecule has 0 amide bonds. The molecule has 0 saturated heterocycles. The highest BCUT2D eigenvalue weighted by atomic mass is 32.7. The van der Waals surface area contributed by atoms with Crippen LogP contribution in [0, 0.1) is 0 Å². The molecular weight excluding hydrogens is 271 g/mol. The molecule has 100 valence electrons. The van der Waals surface area contributed by atoms with Crippen molar-refractivity contribution in [1.29, 1.82) is 0 Å². The van der Waals surface area contributed by atoms with Crippen LogP contribution >= 0.6 is 18.2 Å². The van der Waals surface area contributed by atoms with Crippen LogP contribution in [0.15, 0.2) is 0 Å². The summed E-state index contributed by atoms with van der Waals surface area (Å²) in [6, 6.07) is 0. The third kappa shape index (κ3) is 6.68. The summed E-state index contributed by atoms with van der Waals surface area (Å²) in [5.41, 5.74) is 0. The van der Waals surface area contributed by atoms with E-state index in [1.165, 1.54) is 0 Å². The van der Waals surface area contributed by atoms with E-state index in [-0.39, 0.29) is 24.2 Å². The Morgan fingerprint density at radius 2 is 2.00 bits per heavy atom. The largest absolute Gasteiger partial charge is 0.481 e. The summed E-state index contributed by atoms with van der Waals surface area (Å²) < 4.78 is 25.5. The Hall–Kier alpha value is -0.560. The Labute approximate surface area is 103 Å². The van der Waals surface area contributed by atoms with E-state index < -0.39 is 31.0 Å². The fraction of sp³-hybridized carbons (Fsp3) is 0.750. The summed E-state index contributed by atoms with van der Waals surface area (Å²) in [6.45, 7) is -1.76. The lowest BCUT2D eigenvalue weighted by molar-refractivity contribution is -0.146. The second-order valence-corrected chi connectivity index (χ2v) is 7.48. The second-order valence-electron chi connectivity index (χ2n) is 3.28. The van der Waals surface area contributed by atoms with Crippen molar-refractivity contribution in [3.63, 3.8) is 0 Å². The predicted octanol–water partition coefficient (Wildman–Crippen LogP) is 2.13. The monoisotopic (exact) mass is 286 g/mol. The second kappa shape index (κ2) is 7.71. The van der Waals surface area contributed by atoms with Crippen LogP contribution in [0.3, 0.4) is 0 Å². The molecule has 0 aliphatic carbocycles. The van der Waals surface area contributed by atoms with Crippen molar-refractivity contribution in [2.75, 3.05) is 6.16 Å². The number of carboxylic acids is 2. The van der Waals surface area contributed by atoms with Crippen LogP contribution in [0.2, 0.25) is 0 Å². The van der Waals surface area contributed by atoms with Gasteiger partial charge >= 0.3 is 11.9 Å². The number of carbonyl (C=O) groups is 2. The SMILES string of the molecule is CCCP(=O)(OC(CCC(=O)O)C(=O)O)SO. The molecule has 0 aromatic heterocycles. The Morgan fingerprint density at radius 1 is 1.41 bits per heavy atom. The minimum atomic E-state index is -3.47. The molecule has 0 aromatic carbocycles. The normalized spacial score (nSPS) is 16.1. The summed E-state index contributed by atoms with van der Waals surface area (Å²) in [5, 5.41) is 17.2. The topological polar surface area (TPSA) is 121 Å². The van der Waals surface area contributed by atoms with Crippen molar-refractivity contribution in [1.82, 2.24) is 0 Å². The van der Waals surface area contributed by atoms with Crippen molar-refractivity contribution in [3.8, 4) is 0 Å². The van der Waals surface area contributed by atoms with E-state index in [1.807, 2.05) is 0 Å². The predicted molar refractivity (Wildman–Crippen MR) is 62.4 cm³/mol. The first-order valence-corrected chi connectivity index (χ1v) is 8.08. The Kier molecular flexibility index (Phi) is 7.45. The molecule has 0 bridgehead atoms. The van der Waals surface area contributed by atoms with Crippen LogP contribution in [0.5, 0.6) is 0 Å². The number of hydrogen-bond acceptors (Lipinski definition) is 6. The first-order valence-electron chi connectivity index (χ1n) is 4.90. The molecule has 0 rings (SSSR count). The molecule has 9 heteroatoms. The fourth-order valence-electron chi connectivity index (χ4n) is 1.06. The van der Waals surface area contributed by atoms with Crippen LogP contribution in [-0.4, -0.2) is 39.0 Å². The lowest BCUT2D eigenvalue weighted by Gasteiger charge is -2.19. The van der Waals surface area contributed by atoms with Crippen LogP contribution in [0.1, 0.15) is 26.2 Å². The highest BCUT2D eigenvalue weighted by Gasteiger charge is 2.31.